The van der Waals surface area contributed by atoms with Crippen LogP contribution in [-0.2, 0) is 12.4 Å². The number of hydrogen-bond donors (Lipinski definition) is 0. The number of rotatable bonds is 12. The van der Waals surface area contributed by atoms with E-state index in [1.807, 2.05) is 55.9 Å². The Labute approximate surface area is 222 Å². The number of alkyl halides is 3. The molecule has 4 nitrogen and oxygen atoms in total. The summed E-state index contributed by atoms with van der Waals surface area (Å²) >= 11 is 18.7. The molecule has 8 heteroatoms. The Morgan fingerprint density at radius 1 is 0.853 bits per heavy atom. The number of ether oxygens (including phenoxy) is 2. The highest BCUT2D eigenvalue weighted by molar-refractivity contribution is 7.98. The second-order valence-corrected chi connectivity index (χ2v) is 9.33. The maximum absolute atomic E-state index is 5.79. The molecule has 0 fully saturated rings. The van der Waals surface area contributed by atoms with Crippen molar-refractivity contribution in [1.29, 1.82) is 0 Å². The Hall–Kier alpha value is -1.53. The average molecular weight is 544 g/mol. The van der Waals surface area contributed by atoms with Crippen molar-refractivity contribution in [2.24, 2.45) is 0 Å². The summed E-state index contributed by atoms with van der Waals surface area (Å²) in [6.07, 6.45) is 7.61. The van der Waals surface area contributed by atoms with Crippen LogP contribution in [-0.4, -0.2) is 40.8 Å². The molecule has 1 heterocycles. The minimum absolute atomic E-state index is 0.526. The molecule has 0 radical (unpaired) electrons. The number of thioether (sulfide) groups is 1. The monoisotopic (exact) mass is 542 g/mol. The van der Waals surface area contributed by atoms with E-state index in [4.69, 9.17) is 44.3 Å². The van der Waals surface area contributed by atoms with E-state index < -0.39 is 0 Å². The second kappa shape index (κ2) is 16.2. The van der Waals surface area contributed by atoms with Crippen molar-refractivity contribution >= 4 is 46.6 Å². The van der Waals surface area contributed by atoms with Crippen LogP contribution in [0.5, 0.6) is 11.5 Å². The summed E-state index contributed by atoms with van der Waals surface area (Å²) in [4.78, 5) is 4.32. The summed E-state index contributed by atoms with van der Waals surface area (Å²) in [5.41, 5.74) is 4.68. The van der Waals surface area contributed by atoms with E-state index in [0.717, 1.165) is 47.2 Å². The molecule has 2 aromatic carbocycles. The molecule has 0 unspecified atom stereocenters. The quantitative estimate of drug-likeness (QED) is 0.133. The minimum atomic E-state index is 0.526. The summed E-state index contributed by atoms with van der Waals surface area (Å²) in [5.74, 6) is 3.64. The lowest BCUT2D eigenvalue weighted by Crippen LogP contribution is -2.05. The highest BCUT2D eigenvalue weighted by Crippen LogP contribution is 2.24. The molecule has 1 aromatic heterocycles. The first-order chi connectivity index (χ1) is 16.5. The summed E-state index contributed by atoms with van der Waals surface area (Å²) < 4.78 is 13.5. The van der Waals surface area contributed by atoms with Crippen LogP contribution in [0.2, 0.25) is 0 Å². The molecule has 0 aliphatic rings. The Balaban J connectivity index is 0.000000257. The van der Waals surface area contributed by atoms with E-state index in [2.05, 4.69) is 22.5 Å². The lowest BCUT2D eigenvalue weighted by atomic mass is 10.1. The second-order valence-electron chi connectivity index (χ2n) is 7.54. The average Bonchev–Trinajstić information content (AvgIpc) is 3.30. The van der Waals surface area contributed by atoms with Gasteiger partial charge in [-0.15, -0.1) is 34.8 Å². The van der Waals surface area contributed by atoms with Gasteiger partial charge in [-0.25, -0.2) is 4.98 Å². The van der Waals surface area contributed by atoms with Crippen LogP contribution in [0.3, 0.4) is 0 Å². The lowest BCUT2D eigenvalue weighted by molar-refractivity contribution is 0.315. The Kier molecular flexibility index (Phi) is 13.7. The third-order valence-electron chi connectivity index (χ3n) is 5.21. The predicted octanol–water partition coefficient (Wildman–Crippen LogP) is 7.71. The first kappa shape index (κ1) is 28.7. The van der Waals surface area contributed by atoms with Crippen molar-refractivity contribution in [2.75, 3.05) is 31.2 Å². The van der Waals surface area contributed by atoms with Gasteiger partial charge in [-0.2, -0.15) is 0 Å². The Morgan fingerprint density at radius 2 is 1.41 bits per heavy atom. The molecule has 0 atom stereocenters. The number of hydrogen-bond acceptors (Lipinski definition) is 4. The number of nitrogens with zero attached hydrogens (tertiary/aromatic N) is 2. The van der Waals surface area contributed by atoms with Crippen molar-refractivity contribution < 1.29 is 9.47 Å². The molecule has 0 N–H and O–H groups in total. The van der Waals surface area contributed by atoms with Crippen molar-refractivity contribution in [2.45, 2.75) is 44.3 Å². The lowest BCUT2D eigenvalue weighted by Gasteiger charge is -2.13. The molecule has 0 bridgehead atoms. The van der Waals surface area contributed by atoms with E-state index in [-0.39, 0.29) is 0 Å². The van der Waals surface area contributed by atoms with Crippen molar-refractivity contribution in [1.82, 2.24) is 9.55 Å². The van der Waals surface area contributed by atoms with E-state index in [1.54, 1.807) is 11.8 Å². The molecule has 0 spiro atoms. The molecular formula is C26H33Cl3N2O2S. The topological polar surface area (TPSA) is 36.3 Å². The van der Waals surface area contributed by atoms with E-state index in [1.165, 1.54) is 11.1 Å². The first-order valence-corrected chi connectivity index (χ1v) is 14.0. The standard InChI is InChI=1S/C15H19ClN2OS.C11H14Cl2O/c1-12-13(11-18-9-8-17-15(18)20-2)5-3-6-14(12)19-10-4-7-16;1-9-10(8-13)4-2-5-11(9)14-7-3-6-12/h3,5-6,8-9H,4,7,10-11H2,1-2H3;2,4-5H,3,6-8H2,1H3. The van der Waals surface area contributed by atoms with Crippen LogP contribution >= 0.6 is 46.6 Å². The number of aromatic nitrogens is 2. The maximum atomic E-state index is 5.79. The fraction of sp³-hybridized carbons (Fsp3) is 0.423. The smallest absolute Gasteiger partial charge is 0.167 e. The van der Waals surface area contributed by atoms with Crippen LogP contribution < -0.4 is 9.47 Å². The van der Waals surface area contributed by atoms with Crippen LogP contribution in [0.25, 0.3) is 0 Å². The highest BCUT2D eigenvalue weighted by Gasteiger charge is 2.08. The minimum Gasteiger partial charge on any atom is -0.493 e. The fourth-order valence-electron chi connectivity index (χ4n) is 3.21. The molecular weight excluding hydrogens is 511 g/mol. The maximum Gasteiger partial charge on any atom is 0.167 e. The third-order valence-corrected chi connectivity index (χ3v) is 6.74. The van der Waals surface area contributed by atoms with Crippen molar-refractivity contribution in [3.63, 3.8) is 0 Å². The van der Waals surface area contributed by atoms with Gasteiger partial charge in [-0.05, 0) is 67.3 Å². The molecule has 0 saturated carbocycles. The SMILES string of the molecule is CSc1nccn1Cc1cccc(OCCCCl)c1C.Cc1c(CCl)cccc1OCCCCl. The molecule has 34 heavy (non-hydrogen) atoms. The van der Waals surface area contributed by atoms with Crippen LogP contribution in [0.4, 0.5) is 0 Å². The number of benzene rings is 2. The number of halogens is 3. The zero-order valence-electron chi connectivity index (χ0n) is 20.0. The molecule has 0 saturated heterocycles. The summed E-state index contributed by atoms with van der Waals surface area (Å²) in [5, 5.41) is 1.03. The van der Waals surface area contributed by atoms with Gasteiger partial charge in [-0.3, -0.25) is 0 Å². The molecule has 0 amide bonds. The van der Waals surface area contributed by atoms with Crippen molar-refractivity contribution in [3.8, 4) is 11.5 Å². The van der Waals surface area contributed by atoms with Crippen LogP contribution in [0, 0.1) is 13.8 Å². The van der Waals surface area contributed by atoms with Gasteiger partial charge in [0.1, 0.15) is 11.5 Å². The molecule has 186 valence electrons. The summed E-state index contributed by atoms with van der Waals surface area (Å²) in [6.45, 7) is 6.26. The van der Waals surface area contributed by atoms with Gasteiger partial charge >= 0.3 is 0 Å². The summed E-state index contributed by atoms with van der Waals surface area (Å²) in [6, 6.07) is 12.1. The van der Waals surface area contributed by atoms with Gasteiger partial charge in [0.05, 0.1) is 13.2 Å². The molecule has 0 aliphatic heterocycles. The zero-order chi connectivity index (χ0) is 24.8. The van der Waals surface area contributed by atoms with E-state index in [9.17, 15) is 0 Å². The molecule has 3 rings (SSSR count). The molecule has 0 aliphatic carbocycles. The third kappa shape index (κ3) is 8.92. The van der Waals surface area contributed by atoms with Gasteiger partial charge in [0.15, 0.2) is 5.16 Å². The Morgan fingerprint density at radius 3 is 1.94 bits per heavy atom. The van der Waals surface area contributed by atoms with Gasteiger partial charge in [0, 0.05) is 36.6 Å². The van der Waals surface area contributed by atoms with Crippen molar-refractivity contribution in [3.05, 3.63) is 71.0 Å². The van der Waals surface area contributed by atoms with Crippen LogP contribution in [0.15, 0.2) is 53.9 Å². The largest absolute Gasteiger partial charge is 0.493 e. The van der Waals surface area contributed by atoms with Gasteiger partial charge in [0.2, 0.25) is 0 Å². The van der Waals surface area contributed by atoms with Crippen LogP contribution in [0.1, 0.15) is 35.1 Å². The predicted molar refractivity (Wildman–Crippen MR) is 147 cm³/mol. The normalized spacial score (nSPS) is 10.5. The van der Waals surface area contributed by atoms with E-state index in [0.29, 0.717) is 30.9 Å². The highest BCUT2D eigenvalue weighted by atomic mass is 35.5. The van der Waals surface area contributed by atoms with Gasteiger partial charge < -0.3 is 14.0 Å². The van der Waals surface area contributed by atoms with Gasteiger partial charge in [-0.1, -0.05) is 36.0 Å². The zero-order valence-corrected chi connectivity index (χ0v) is 23.1. The molecule has 3 aromatic rings. The number of imidazole rings is 1. The summed E-state index contributed by atoms with van der Waals surface area (Å²) in [7, 11) is 0. The van der Waals surface area contributed by atoms with Gasteiger partial charge in [0.25, 0.3) is 0 Å². The first-order valence-electron chi connectivity index (χ1n) is 11.2. The fourth-order valence-corrected chi connectivity index (χ4v) is 4.25. The Bertz CT molecular complexity index is 998. The van der Waals surface area contributed by atoms with E-state index >= 15 is 0 Å².